The van der Waals surface area contributed by atoms with E-state index >= 15 is 0 Å². The molecular formula is C18H23N3O2. The van der Waals surface area contributed by atoms with Gasteiger partial charge in [0.15, 0.2) is 0 Å². The number of ether oxygens (including phenoxy) is 1. The number of carbonyl (C=O) groups is 1. The maximum absolute atomic E-state index is 12.1. The topological polar surface area (TPSA) is 57.4 Å². The van der Waals surface area contributed by atoms with E-state index in [4.69, 9.17) is 4.74 Å². The minimum Gasteiger partial charge on any atom is -0.497 e. The van der Waals surface area contributed by atoms with Gasteiger partial charge in [0.05, 0.1) is 7.11 Å². The number of benzene rings is 1. The highest BCUT2D eigenvalue weighted by Crippen LogP contribution is 2.34. The van der Waals surface area contributed by atoms with E-state index < -0.39 is 0 Å². The fraction of sp³-hybridized carbons (Fsp3) is 0.500. The molecule has 0 unspecified atom stereocenters. The summed E-state index contributed by atoms with van der Waals surface area (Å²) in [5, 5.41) is 4.32. The normalized spacial score (nSPS) is 19.1. The Bertz CT molecular complexity index is 712. The molecule has 122 valence electrons. The third-order valence-electron chi connectivity index (χ3n) is 5.05. The summed E-state index contributed by atoms with van der Waals surface area (Å²) >= 11 is 0. The van der Waals surface area contributed by atoms with Gasteiger partial charge in [0.25, 0.3) is 0 Å². The maximum Gasteiger partial charge on any atom is 0.317 e. The maximum atomic E-state index is 12.1. The number of carbonyl (C=O) groups excluding carboxylic acids is 1. The molecule has 0 spiro atoms. The number of hydrogen-bond donors (Lipinski definition) is 2. The first-order valence-corrected chi connectivity index (χ1v) is 8.45. The molecule has 5 heteroatoms. The number of urea groups is 1. The van der Waals surface area contributed by atoms with Crippen molar-refractivity contribution in [3.63, 3.8) is 0 Å². The van der Waals surface area contributed by atoms with Crippen molar-refractivity contribution in [2.45, 2.75) is 37.6 Å². The van der Waals surface area contributed by atoms with E-state index in [1.165, 1.54) is 10.9 Å². The zero-order chi connectivity index (χ0) is 15.8. The van der Waals surface area contributed by atoms with Crippen molar-refractivity contribution in [3.05, 3.63) is 30.0 Å². The number of hydrogen-bond acceptors (Lipinski definition) is 2. The van der Waals surface area contributed by atoms with Gasteiger partial charge in [-0.1, -0.05) is 0 Å². The fourth-order valence-electron chi connectivity index (χ4n) is 3.47. The van der Waals surface area contributed by atoms with Gasteiger partial charge < -0.3 is 19.9 Å². The fourth-order valence-corrected chi connectivity index (χ4v) is 3.47. The quantitative estimate of drug-likeness (QED) is 0.914. The van der Waals surface area contributed by atoms with Crippen LogP contribution in [0, 0.1) is 0 Å². The van der Waals surface area contributed by atoms with Crippen LogP contribution in [-0.4, -0.2) is 42.2 Å². The number of aromatic nitrogens is 1. The molecule has 2 amide bonds. The molecule has 1 aliphatic heterocycles. The summed E-state index contributed by atoms with van der Waals surface area (Å²) in [5.41, 5.74) is 2.50. The number of aromatic amines is 1. The monoisotopic (exact) mass is 313 g/mol. The van der Waals surface area contributed by atoms with Gasteiger partial charge in [-0.15, -0.1) is 0 Å². The van der Waals surface area contributed by atoms with Gasteiger partial charge in [0.1, 0.15) is 5.75 Å². The molecule has 2 heterocycles. The predicted octanol–water partition coefficient (Wildman–Crippen LogP) is 3.23. The molecule has 1 aliphatic carbocycles. The van der Waals surface area contributed by atoms with Crippen LogP contribution in [0.25, 0.3) is 10.9 Å². The van der Waals surface area contributed by atoms with Gasteiger partial charge in [-0.25, -0.2) is 4.79 Å². The van der Waals surface area contributed by atoms with E-state index in [9.17, 15) is 4.79 Å². The lowest BCUT2D eigenvalue weighted by Crippen LogP contribution is -2.44. The molecule has 0 radical (unpaired) electrons. The second-order valence-electron chi connectivity index (χ2n) is 6.64. The third kappa shape index (κ3) is 2.87. The number of nitrogens with zero attached hydrogens (tertiary/aromatic N) is 1. The van der Waals surface area contributed by atoms with Crippen molar-refractivity contribution in [3.8, 4) is 5.75 Å². The van der Waals surface area contributed by atoms with Crippen LogP contribution in [0.5, 0.6) is 5.75 Å². The van der Waals surface area contributed by atoms with Crippen LogP contribution in [0.15, 0.2) is 24.4 Å². The summed E-state index contributed by atoms with van der Waals surface area (Å²) < 4.78 is 5.35. The molecule has 2 aromatic rings. The number of H-pyrrole nitrogens is 1. The first-order valence-electron chi connectivity index (χ1n) is 8.45. The number of piperidine rings is 1. The highest BCUT2D eigenvalue weighted by molar-refractivity contribution is 5.85. The minimum atomic E-state index is 0.117. The summed E-state index contributed by atoms with van der Waals surface area (Å²) in [7, 11) is 1.70. The molecule has 23 heavy (non-hydrogen) atoms. The van der Waals surface area contributed by atoms with Crippen molar-refractivity contribution in [2.75, 3.05) is 20.2 Å². The van der Waals surface area contributed by atoms with E-state index in [-0.39, 0.29) is 6.03 Å². The SMILES string of the molecule is COc1ccc2[nH]cc(C3CCN(C(=O)NC4CC4)CC3)c2c1. The Morgan fingerprint density at radius 2 is 2.04 bits per heavy atom. The van der Waals surface area contributed by atoms with E-state index in [1.54, 1.807) is 7.11 Å². The Hall–Kier alpha value is -2.17. The Balaban J connectivity index is 1.46. The molecule has 0 bridgehead atoms. The Labute approximate surface area is 136 Å². The molecular weight excluding hydrogens is 290 g/mol. The number of amides is 2. The zero-order valence-electron chi connectivity index (χ0n) is 13.5. The summed E-state index contributed by atoms with van der Waals surface area (Å²) in [5.74, 6) is 1.39. The average Bonchev–Trinajstić information content (AvgIpc) is 3.30. The second kappa shape index (κ2) is 5.80. The third-order valence-corrected chi connectivity index (χ3v) is 5.05. The molecule has 2 N–H and O–H groups in total. The summed E-state index contributed by atoms with van der Waals surface area (Å²) in [4.78, 5) is 17.4. The highest BCUT2D eigenvalue weighted by atomic mass is 16.5. The number of likely N-dealkylation sites (tertiary alicyclic amines) is 1. The highest BCUT2D eigenvalue weighted by Gasteiger charge is 2.29. The summed E-state index contributed by atoms with van der Waals surface area (Å²) in [6.07, 6.45) is 6.43. The van der Waals surface area contributed by atoms with Crippen LogP contribution >= 0.6 is 0 Å². The van der Waals surface area contributed by atoms with Crippen LogP contribution in [0.2, 0.25) is 0 Å². The molecule has 4 rings (SSSR count). The largest absolute Gasteiger partial charge is 0.497 e. The Morgan fingerprint density at radius 3 is 2.74 bits per heavy atom. The van der Waals surface area contributed by atoms with Gasteiger partial charge in [0.2, 0.25) is 0 Å². The minimum absolute atomic E-state index is 0.117. The van der Waals surface area contributed by atoms with Gasteiger partial charge >= 0.3 is 6.03 Å². The van der Waals surface area contributed by atoms with Crippen molar-refractivity contribution < 1.29 is 9.53 Å². The van der Waals surface area contributed by atoms with Gasteiger partial charge in [0, 0.05) is 36.2 Å². The van der Waals surface area contributed by atoms with Crippen LogP contribution in [0.4, 0.5) is 4.79 Å². The predicted molar refractivity (Wildman–Crippen MR) is 90.0 cm³/mol. The lowest BCUT2D eigenvalue weighted by molar-refractivity contribution is 0.181. The van der Waals surface area contributed by atoms with Crippen molar-refractivity contribution >= 4 is 16.9 Å². The molecule has 2 fully saturated rings. The smallest absolute Gasteiger partial charge is 0.317 e. The van der Waals surface area contributed by atoms with Crippen LogP contribution in [0.3, 0.4) is 0 Å². The van der Waals surface area contributed by atoms with Crippen LogP contribution in [0.1, 0.15) is 37.2 Å². The van der Waals surface area contributed by atoms with Crippen LogP contribution in [-0.2, 0) is 0 Å². The molecule has 0 atom stereocenters. The van der Waals surface area contributed by atoms with Gasteiger partial charge in [-0.2, -0.15) is 0 Å². The van der Waals surface area contributed by atoms with Crippen molar-refractivity contribution in [1.29, 1.82) is 0 Å². The first kappa shape index (κ1) is 14.4. The first-order chi connectivity index (χ1) is 11.2. The number of fused-ring (bicyclic) bond motifs is 1. The Morgan fingerprint density at radius 1 is 1.26 bits per heavy atom. The lowest BCUT2D eigenvalue weighted by atomic mass is 9.89. The number of methoxy groups -OCH3 is 1. The lowest BCUT2D eigenvalue weighted by Gasteiger charge is -2.32. The van der Waals surface area contributed by atoms with E-state index in [0.29, 0.717) is 12.0 Å². The molecule has 1 saturated carbocycles. The molecule has 1 aromatic carbocycles. The zero-order valence-corrected chi connectivity index (χ0v) is 13.5. The van der Waals surface area contributed by atoms with Crippen molar-refractivity contribution in [1.82, 2.24) is 15.2 Å². The van der Waals surface area contributed by atoms with E-state index in [1.807, 2.05) is 11.0 Å². The van der Waals surface area contributed by atoms with Crippen molar-refractivity contribution in [2.24, 2.45) is 0 Å². The van der Waals surface area contributed by atoms with E-state index in [0.717, 1.165) is 50.0 Å². The standard InChI is InChI=1S/C18H23N3O2/c1-23-14-4-5-17-15(10-14)16(11-19-17)12-6-8-21(9-7-12)18(22)20-13-2-3-13/h4-5,10-13,19H,2-3,6-9H2,1H3,(H,20,22). The number of rotatable bonds is 3. The summed E-state index contributed by atoms with van der Waals surface area (Å²) in [6, 6.07) is 6.70. The van der Waals surface area contributed by atoms with Crippen LogP contribution < -0.4 is 10.1 Å². The van der Waals surface area contributed by atoms with Gasteiger partial charge in [-0.3, -0.25) is 0 Å². The molecule has 5 nitrogen and oxygen atoms in total. The van der Waals surface area contributed by atoms with Gasteiger partial charge in [-0.05, 0) is 55.4 Å². The molecule has 2 aliphatic rings. The van der Waals surface area contributed by atoms with E-state index in [2.05, 4.69) is 28.6 Å². The summed E-state index contributed by atoms with van der Waals surface area (Å²) in [6.45, 7) is 1.67. The molecule has 1 aromatic heterocycles. The number of nitrogens with one attached hydrogen (secondary N) is 2. The average molecular weight is 313 g/mol. The Kier molecular flexibility index (Phi) is 3.63. The second-order valence-corrected chi connectivity index (χ2v) is 6.64. The molecule has 1 saturated heterocycles.